The van der Waals surface area contributed by atoms with Gasteiger partial charge in [0.2, 0.25) is 0 Å². The predicted molar refractivity (Wildman–Crippen MR) is 94.3 cm³/mol. The van der Waals surface area contributed by atoms with Gasteiger partial charge in [-0.2, -0.15) is 18.3 Å². The number of rotatable bonds is 4. The van der Waals surface area contributed by atoms with Gasteiger partial charge in [0.15, 0.2) is 11.6 Å². The van der Waals surface area contributed by atoms with Crippen molar-refractivity contribution in [3.63, 3.8) is 0 Å². The maximum Gasteiger partial charge on any atom is 0.419 e. The van der Waals surface area contributed by atoms with Gasteiger partial charge in [-0.05, 0) is 24.3 Å². The van der Waals surface area contributed by atoms with Gasteiger partial charge in [-0.1, -0.05) is 12.1 Å². The maximum absolute atomic E-state index is 13.1. The molecule has 0 bridgehead atoms. The van der Waals surface area contributed by atoms with E-state index in [0.717, 1.165) is 6.07 Å². The minimum atomic E-state index is -4.43. The number of aromatic nitrogens is 5. The Bertz CT molecular complexity index is 906. The zero-order valence-corrected chi connectivity index (χ0v) is 14.8. The Morgan fingerprint density at radius 3 is 2.32 bits per heavy atom. The van der Waals surface area contributed by atoms with E-state index in [-0.39, 0.29) is 11.9 Å². The van der Waals surface area contributed by atoms with Crippen LogP contribution in [0.25, 0.3) is 5.82 Å². The van der Waals surface area contributed by atoms with Crippen molar-refractivity contribution in [2.75, 3.05) is 18.0 Å². The van der Waals surface area contributed by atoms with Crippen LogP contribution in [0.3, 0.4) is 0 Å². The van der Waals surface area contributed by atoms with E-state index in [9.17, 15) is 13.2 Å². The summed E-state index contributed by atoms with van der Waals surface area (Å²) in [6.07, 6.45) is -0.569. The van der Waals surface area contributed by atoms with Gasteiger partial charge in [0.25, 0.3) is 0 Å². The van der Waals surface area contributed by atoms with Gasteiger partial charge < -0.3 is 9.64 Å². The lowest BCUT2D eigenvalue weighted by atomic mass is 10.1. The van der Waals surface area contributed by atoms with Crippen molar-refractivity contribution in [1.82, 2.24) is 25.0 Å². The summed E-state index contributed by atoms with van der Waals surface area (Å²) in [5, 5.41) is 12.3. The Morgan fingerprint density at radius 2 is 1.68 bits per heavy atom. The van der Waals surface area contributed by atoms with Gasteiger partial charge in [0.1, 0.15) is 24.5 Å². The molecule has 1 saturated heterocycles. The van der Waals surface area contributed by atoms with Crippen molar-refractivity contribution >= 4 is 5.82 Å². The first-order valence-corrected chi connectivity index (χ1v) is 8.77. The third-order valence-electron chi connectivity index (χ3n) is 4.54. The van der Waals surface area contributed by atoms with Crippen LogP contribution in [0.15, 0.2) is 49.1 Å². The van der Waals surface area contributed by atoms with Gasteiger partial charge in [-0.25, -0.2) is 9.67 Å². The number of ether oxygens (including phenoxy) is 1. The van der Waals surface area contributed by atoms with E-state index in [2.05, 4.69) is 20.3 Å². The first-order chi connectivity index (χ1) is 13.5. The third-order valence-corrected chi connectivity index (χ3v) is 4.54. The number of halogens is 3. The lowest BCUT2D eigenvalue weighted by molar-refractivity contribution is -0.139. The summed E-state index contributed by atoms with van der Waals surface area (Å²) in [5.41, 5.74) is -0.744. The molecule has 0 unspecified atom stereocenters. The zero-order valence-electron chi connectivity index (χ0n) is 14.8. The standard InChI is InChI=1S/C18H17F3N6O/c19-18(20,21)14-3-1-2-4-15(14)28-13-7-9-26(10-8-13)16-5-6-17(25-24-16)27-12-22-11-23-27/h1-6,11-13H,7-10H2. The number of alkyl halides is 3. The quantitative estimate of drug-likeness (QED) is 0.682. The summed E-state index contributed by atoms with van der Waals surface area (Å²) in [7, 11) is 0. The largest absolute Gasteiger partial charge is 0.490 e. The highest BCUT2D eigenvalue weighted by atomic mass is 19.4. The number of hydrogen-bond donors (Lipinski definition) is 0. The monoisotopic (exact) mass is 390 g/mol. The number of para-hydroxylation sites is 1. The average Bonchev–Trinajstić information content (AvgIpc) is 3.23. The van der Waals surface area contributed by atoms with E-state index < -0.39 is 11.7 Å². The van der Waals surface area contributed by atoms with Crippen LogP contribution in [0.1, 0.15) is 18.4 Å². The Kier molecular flexibility index (Phi) is 4.84. The molecule has 7 nitrogen and oxygen atoms in total. The molecule has 1 aliphatic heterocycles. The lowest BCUT2D eigenvalue weighted by Crippen LogP contribution is -2.39. The van der Waals surface area contributed by atoms with Crippen LogP contribution in [0, 0.1) is 0 Å². The molecule has 28 heavy (non-hydrogen) atoms. The van der Waals surface area contributed by atoms with Crippen molar-refractivity contribution in [3.05, 3.63) is 54.6 Å². The van der Waals surface area contributed by atoms with Crippen LogP contribution < -0.4 is 9.64 Å². The normalized spacial score (nSPS) is 15.6. The molecule has 1 aromatic carbocycles. The molecule has 0 amide bonds. The van der Waals surface area contributed by atoms with Gasteiger partial charge in [0.05, 0.1) is 5.56 Å². The molecule has 0 N–H and O–H groups in total. The van der Waals surface area contributed by atoms with Crippen LogP contribution in [-0.2, 0) is 6.18 Å². The van der Waals surface area contributed by atoms with Crippen molar-refractivity contribution in [3.8, 4) is 11.6 Å². The van der Waals surface area contributed by atoms with Crippen molar-refractivity contribution in [2.24, 2.45) is 0 Å². The molecule has 0 spiro atoms. The summed E-state index contributed by atoms with van der Waals surface area (Å²) in [6.45, 7) is 1.24. The summed E-state index contributed by atoms with van der Waals surface area (Å²) in [4.78, 5) is 5.90. The van der Waals surface area contributed by atoms with Crippen LogP contribution in [0.5, 0.6) is 5.75 Å². The SMILES string of the molecule is FC(F)(F)c1ccccc1OC1CCN(c2ccc(-n3cncn3)nn2)CC1. The number of hydrogen-bond acceptors (Lipinski definition) is 6. The fourth-order valence-corrected chi connectivity index (χ4v) is 3.12. The lowest BCUT2D eigenvalue weighted by Gasteiger charge is -2.33. The molecular formula is C18H17F3N6O. The third kappa shape index (κ3) is 3.90. The molecule has 146 valence electrons. The molecule has 3 heterocycles. The van der Waals surface area contributed by atoms with Crippen molar-refractivity contribution in [1.29, 1.82) is 0 Å². The summed E-state index contributed by atoms with van der Waals surface area (Å²) >= 11 is 0. The van der Waals surface area contributed by atoms with E-state index in [1.807, 2.05) is 11.0 Å². The molecule has 10 heteroatoms. The fourth-order valence-electron chi connectivity index (χ4n) is 3.12. The van der Waals surface area contributed by atoms with Crippen molar-refractivity contribution in [2.45, 2.75) is 25.1 Å². The second-order valence-corrected chi connectivity index (χ2v) is 6.39. The Hall–Kier alpha value is -3.17. The molecule has 0 atom stereocenters. The van der Waals surface area contributed by atoms with Crippen molar-refractivity contribution < 1.29 is 17.9 Å². The molecule has 3 aromatic rings. The topological polar surface area (TPSA) is 69.0 Å². The minimum absolute atomic E-state index is 0.120. The summed E-state index contributed by atoms with van der Waals surface area (Å²) < 4.78 is 46.5. The average molecular weight is 390 g/mol. The van der Waals surface area contributed by atoms with Gasteiger partial charge >= 0.3 is 6.18 Å². The Balaban J connectivity index is 1.38. The first-order valence-electron chi connectivity index (χ1n) is 8.77. The molecule has 2 aromatic heterocycles. The predicted octanol–water partition coefficient (Wildman–Crippen LogP) is 3.12. The van der Waals surface area contributed by atoms with E-state index in [1.165, 1.54) is 29.5 Å². The van der Waals surface area contributed by atoms with Crippen LogP contribution >= 0.6 is 0 Å². The molecule has 0 saturated carbocycles. The molecule has 0 radical (unpaired) electrons. The highest BCUT2D eigenvalue weighted by Gasteiger charge is 2.35. The van der Waals surface area contributed by atoms with Crippen LogP contribution in [0.4, 0.5) is 19.0 Å². The first kappa shape index (κ1) is 18.2. The van der Waals surface area contributed by atoms with E-state index in [0.29, 0.717) is 37.6 Å². The minimum Gasteiger partial charge on any atom is -0.490 e. The highest BCUT2D eigenvalue weighted by Crippen LogP contribution is 2.37. The zero-order chi connectivity index (χ0) is 19.6. The maximum atomic E-state index is 13.1. The smallest absolute Gasteiger partial charge is 0.419 e. The molecule has 1 fully saturated rings. The van der Waals surface area contributed by atoms with Gasteiger partial charge in [-0.3, -0.25) is 0 Å². The van der Waals surface area contributed by atoms with Gasteiger partial charge in [0, 0.05) is 25.9 Å². The van der Waals surface area contributed by atoms with Crippen LogP contribution in [0.2, 0.25) is 0 Å². The number of benzene rings is 1. The summed E-state index contributed by atoms with van der Waals surface area (Å²) in [6, 6.07) is 8.94. The molecular weight excluding hydrogens is 373 g/mol. The summed E-state index contributed by atoms with van der Waals surface area (Å²) in [5.74, 6) is 1.15. The molecule has 0 aliphatic carbocycles. The number of piperidine rings is 1. The Labute approximate surface area is 158 Å². The number of anilines is 1. The van der Waals surface area contributed by atoms with E-state index >= 15 is 0 Å². The second kappa shape index (κ2) is 7.45. The second-order valence-electron chi connectivity index (χ2n) is 6.39. The molecule has 4 rings (SSSR count). The van der Waals surface area contributed by atoms with E-state index in [4.69, 9.17) is 4.74 Å². The van der Waals surface area contributed by atoms with E-state index in [1.54, 1.807) is 12.1 Å². The Morgan fingerprint density at radius 1 is 0.964 bits per heavy atom. The van der Waals surface area contributed by atoms with Gasteiger partial charge in [-0.15, -0.1) is 10.2 Å². The van der Waals surface area contributed by atoms with Crippen LogP contribution in [-0.4, -0.2) is 44.2 Å². The number of nitrogens with zero attached hydrogens (tertiary/aromatic N) is 6. The molecule has 1 aliphatic rings. The fraction of sp³-hybridized carbons (Fsp3) is 0.333. The highest BCUT2D eigenvalue weighted by molar-refractivity contribution is 5.40.